The van der Waals surface area contributed by atoms with Crippen molar-refractivity contribution in [1.82, 2.24) is 25.1 Å². The molecule has 2 aromatic carbocycles. The standard InChI is InChI=1S/C23H20N8O2/c32-31(33)16-5-6-18-17(13-16)22(28-27-18)23-25-19-7-4-15(14-20(19)26-23)29-9-11-30(12-10-29)21-3-1-2-8-24-21/h1-8,13-14H,9-12H2,(H,25,26)(H,27,28). The number of piperazine rings is 1. The summed E-state index contributed by atoms with van der Waals surface area (Å²) in [5.41, 5.74) is 4.16. The van der Waals surface area contributed by atoms with Crippen molar-refractivity contribution >= 4 is 39.1 Å². The van der Waals surface area contributed by atoms with E-state index in [0.717, 1.165) is 54.2 Å². The molecule has 0 amide bonds. The van der Waals surface area contributed by atoms with Crippen molar-refractivity contribution in [3.63, 3.8) is 0 Å². The molecule has 3 aromatic heterocycles. The van der Waals surface area contributed by atoms with Crippen molar-refractivity contribution in [2.75, 3.05) is 36.0 Å². The number of nitro groups is 1. The molecule has 2 N–H and O–H groups in total. The van der Waals surface area contributed by atoms with E-state index in [1.807, 2.05) is 30.5 Å². The molecule has 1 aliphatic heterocycles. The van der Waals surface area contributed by atoms with Gasteiger partial charge in [-0.15, -0.1) is 0 Å². The SMILES string of the molecule is O=[N+]([O-])c1ccc2[nH]nc(-c3nc4ccc(N5CCN(c6ccccn6)CC5)cc4[nH]3)c2c1. The van der Waals surface area contributed by atoms with Gasteiger partial charge in [0, 0.05) is 55.6 Å². The van der Waals surface area contributed by atoms with Crippen molar-refractivity contribution < 1.29 is 4.92 Å². The molecule has 0 bridgehead atoms. The van der Waals surface area contributed by atoms with Crippen molar-refractivity contribution in [2.24, 2.45) is 0 Å². The third-order valence-corrected chi connectivity index (χ3v) is 6.07. The summed E-state index contributed by atoms with van der Waals surface area (Å²) in [4.78, 5) is 27.9. The van der Waals surface area contributed by atoms with Crippen LogP contribution in [0.15, 0.2) is 60.8 Å². The number of fused-ring (bicyclic) bond motifs is 2. The average molecular weight is 440 g/mol. The van der Waals surface area contributed by atoms with Crippen molar-refractivity contribution in [2.45, 2.75) is 0 Å². The van der Waals surface area contributed by atoms with Gasteiger partial charge in [-0.1, -0.05) is 6.07 Å². The second-order valence-electron chi connectivity index (χ2n) is 8.01. The summed E-state index contributed by atoms with van der Waals surface area (Å²) in [5.74, 6) is 1.59. The van der Waals surface area contributed by atoms with Crippen LogP contribution < -0.4 is 9.80 Å². The van der Waals surface area contributed by atoms with E-state index in [2.05, 4.69) is 47.1 Å². The Morgan fingerprint density at radius 1 is 0.939 bits per heavy atom. The summed E-state index contributed by atoms with van der Waals surface area (Å²) in [6, 6.07) is 16.8. The molecular weight excluding hydrogens is 420 g/mol. The van der Waals surface area contributed by atoms with Gasteiger partial charge in [0.05, 0.1) is 21.5 Å². The van der Waals surface area contributed by atoms with E-state index in [9.17, 15) is 10.1 Å². The predicted octanol–water partition coefficient (Wildman–Crippen LogP) is 3.74. The Labute approximate surface area is 188 Å². The largest absolute Gasteiger partial charge is 0.368 e. The van der Waals surface area contributed by atoms with E-state index in [1.54, 1.807) is 6.07 Å². The van der Waals surface area contributed by atoms with Crippen molar-refractivity contribution in [3.05, 3.63) is 70.9 Å². The maximum absolute atomic E-state index is 11.2. The number of nitrogens with one attached hydrogen (secondary N) is 2. The third kappa shape index (κ3) is 3.41. The molecule has 164 valence electrons. The highest BCUT2D eigenvalue weighted by atomic mass is 16.6. The third-order valence-electron chi connectivity index (χ3n) is 6.07. The number of aromatic nitrogens is 5. The minimum atomic E-state index is -0.408. The van der Waals surface area contributed by atoms with Gasteiger partial charge in [0.2, 0.25) is 0 Å². The number of benzene rings is 2. The molecule has 0 radical (unpaired) electrons. The van der Waals surface area contributed by atoms with E-state index < -0.39 is 4.92 Å². The van der Waals surface area contributed by atoms with Gasteiger partial charge in [-0.05, 0) is 36.4 Å². The van der Waals surface area contributed by atoms with Crippen LogP contribution >= 0.6 is 0 Å². The lowest BCUT2D eigenvalue weighted by atomic mass is 10.2. The van der Waals surface area contributed by atoms with Crippen LogP contribution in [-0.2, 0) is 0 Å². The van der Waals surface area contributed by atoms with Gasteiger partial charge in [0.1, 0.15) is 11.5 Å². The highest BCUT2D eigenvalue weighted by molar-refractivity contribution is 5.94. The zero-order chi connectivity index (χ0) is 22.4. The maximum atomic E-state index is 11.2. The minimum absolute atomic E-state index is 0.0217. The Morgan fingerprint density at radius 3 is 2.58 bits per heavy atom. The van der Waals surface area contributed by atoms with Crippen LogP contribution in [0.2, 0.25) is 0 Å². The van der Waals surface area contributed by atoms with Crippen LogP contribution in [0.3, 0.4) is 0 Å². The number of H-pyrrole nitrogens is 2. The minimum Gasteiger partial charge on any atom is -0.368 e. The summed E-state index contributed by atoms with van der Waals surface area (Å²) in [6.07, 6.45) is 1.83. The molecule has 0 spiro atoms. The zero-order valence-electron chi connectivity index (χ0n) is 17.6. The smallest absolute Gasteiger partial charge is 0.270 e. The molecule has 0 atom stereocenters. The Morgan fingerprint density at radius 2 is 1.79 bits per heavy atom. The fourth-order valence-corrected chi connectivity index (χ4v) is 4.34. The highest BCUT2D eigenvalue weighted by Crippen LogP contribution is 2.30. The van der Waals surface area contributed by atoms with Crippen LogP contribution in [0.5, 0.6) is 0 Å². The lowest BCUT2D eigenvalue weighted by molar-refractivity contribution is -0.384. The normalized spacial score (nSPS) is 14.3. The molecule has 4 heterocycles. The van der Waals surface area contributed by atoms with Crippen molar-refractivity contribution in [1.29, 1.82) is 0 Å². The quantitative estimate of drug-likeness (QED) is 0.323. The van der Waals surface area contributed by atoms with Gasteiger partial charge in [0.25, 0.3) is 5.69 Å². The molecule has 0 aliphatic carbocycles. The number of imidazole rings is 1. The second-order valence-corrected chi connectivity index (χ2v) is 8.01. The van der Waals surface area contributed by atoms with Crippen LogP contribution in [0, 0.1) is 10.1 Å². The van der Waals surface area contributed by atoms with Crippen LogP contribution in [-0.4, -0.2) is 56.3 Å². The van der Waals surface area contributed by atoms with Gasteiger partial charge < -0.3 is 14.8 Å². The first-order valence-corrected chi connectivity index (χ1v) is 10.7. The molecule has 0 saturated carbocycles. The predicted molar refractivity (Wildman–Crippen MR) is 126 cm³/mol. The summed E-state index contributed by atoms with van der Waals surface area (Å²) < 4.78 is 0. The first-order valence-electron chi connectivity index (χ1n) is 10.7. The number of hydrogen-bond acceptors (Lipinski definition) is 7. The van der Waals surface area contributed by atoms with Crippen LogP contribution in [0.1, 0.15) is 0 Å². The van der Waals surface area contributed by atoms with Gasteiger partial charge in [-0.25, -0.2) is 9.97 Å². The topological polar surface area (TPSA) is 120 Å². The molecule has 1 saturated heterocycles. The molecule has 0 unspecified atom stereocenters. The Hall–Kier alpha value is -4.47. The van der Waals surface area contributed by atoms with Gasteiger partial charge in [-0.3, -0.25) is 15.2 Å². The first kappa shape index (κ1) is 19.2. The number of non-ortho nitro benzene ring substituents is 1. The molecule has 5 aromatic rings. The molecule has 1 aliphatic rings. The maximum Gasteiger partial charge on any atom is 0.270 e. The first-order chi connectivity index (χ1) is 16.2. The Bertz CT molecular complexity index is 1470. The molecular formula is C23H20N8O2. The molecule has 10 heteroatoms. The fraction of sp³-hybridized carbons (Fsp3) is 0.174. The average Bonchev–Trinajstić information content (AvgIpc) is 3.47. The second kappa shape index (κ2) is 7.59. The Balaban J connectivity index is 1.27. The lowest BCUT2D eigenvalue weighted by Crippen LogP contribution is -2.46. The zero-order valence-corrected chi connectivity index (χ0v) is 17.6. The lowest BCUT2D eigenvalue weighted by Gasteiger charge is -2.36. The number of rotatable bonds is 4. The van der Waals surface area contributed by atoms with Gasteiger partial charge in [0.15, 0.2) is 5.82 Å². The van der Waals surface area contributed by atoms with Gasteiger partial charge in [-0.2, -0.15) is 5.10 Å². The molecule has 1 fully saturated rings. The summed E-state index contributed by atoms with van der Waals surface area (Å²) in [5, 5.41) is 19.1. The van der Waals surface area contributed by atoms with E-state index in [-0.39, 0.29) is 5.69 Å². The molecule has 33 heavy (non-hydrogen) atoms. The number of anilines is 2. The number of aromatic amines is 2. The summed E-state index contributed by atoms with van der Waals surface area (Å²) >= 11 is 0. The Kier molecular flexibility index (Phi) is 4.42. The number of pyridine rings is 1. The summed E-state index contributed by atoms with van der Waals surface area (Å²) in [7, 11) is 0. The number of nitro benzene ring substituents is 1. The number of nitrogens with zero attached hydrogens (tertiary/aromatic N) is 6. The molecule has 10 nitrogen and oxygen atoms in total. The van der Waals surface area contributed by atoms with E-state index in [1.165, 1.54) is 12.1 Å². The fourth-order valence-electron chi connectivity index (χ4n) is 4.34. The molecule has 6 rings (SSSR count). The van der Waals surface area contributed by atoms with Crippen LogP contribution in [0.25, 0.3) is 33.5 Å². The van der Waals surface area contributed by atoms with E-state index >= 15 is 0 Å². The highest BCUT2D eigenvalue weighted by Gasteiger charge is 2.20. The van der Waals surface area contributed by atoms with E-state index in [0.29, 0.717) is 16.9 Å². The van der Waals surface area contributed by atoms with Crippen LogP contribution in [0.4, 0.5) is 17.2 Å². The van der Waals surface area contributed by atoms with Gasteiger partial charge >= 0.3 is 0 Å². The summed E-state index contributed by atoms with van der Waals surface area (Å²) in [6.45, 7) is 3.61. The number of hydrogen-bond donors (Lipinski definition) is 2. The monoisotopic (exact) mass is 440 g/mol. The van der Waals surface area contributed by atoms with Crippen molar-refractivity contribution in [3.8, 4) is 11.5 Å². The van der Waals surface area contributed by atoms with E-state index in [4.69, 9.17) is 0 Å².